The van der Waals surface area contributed by atoms with Crippen LogP contribution in [0.1, 0.15) is 104 Å². The van der Waals surface area contributed by atoms with Crippen LogP contribution in [0.5, 0.6) is 0 Å². The van der Waals surface area contributed by atoms with Gasteiger partial charge in [0, 0.05) is 25.7 Å². The summed E-state index contributed by atoms with van der Waals surface area (Å²) < 4.78 is 0. The average molecular weight is 274 g/mol. The van der Waals surface area contributed by atoms with Crippen molar-refractivity contribution in [2.45, 2.75) is 104 Å². The van der Waals surface area contributed by atoms with Crippen molar-refractivity contribution < 1.29 is 0 Å². The Balaban J connectivity index is 3.05. The predicted molar refractivity (Wildman–Crippen MR) is 91.5 cm³/mol. The monoisotopic (exact) mass is 274 g/mol. The van der Waals surface area contributed by atoms with Crippen LogP contribution in [0, 0.1) is 23.7 Å². The van der Waals surface area contributed by atoms with Gasteiger partial charge in [-0.05, 0) is 19.3 Å². The second-order valence-corrected chi connectivity index (χ2v) is 5.49. The zero-order chi connectivity index (χ0) is 14.7. The van der Waals surface area contributed by atoms with E-state index in [0.717, 1.165) is 25.7 Å². The fourth-order valence-corrected chi connectivity index (χ4v) is 2.18. The number of hydrogen-bond donors (Lipinski definition) is 0. The van der Waals surface area contributed by atoms with Crippen LogP contribution in [-0.2, 0) is 0 Å². The van der Waals surface area contributed by atoms with Crippen molar-refractivity contribution in [3.8, 4) is 23.7 Å². The van der Waals surface area contributed by atoms with Crippen molar-refractivity contribution in [3.05, 3.63) is 0 Å². The normalized spacial score (nSPS) is 9.50. The molecule has 0 aliphatic carbocycles. The van der Waals surface area contributed by atoms with E-state index >= 15 is 0 Å². The average Bonchev–Trinajstić information content (AvgIpc) is 2.47. The van der Waals surface area contributed by atoms with Gasteiger partial charge in [-0.2, -0.15) is 0 Å². The molecule has 0 radical (unpaired) electrons. The molecule has 0 saturated carbocycles. The van der Waals surface area contributed by atoms with E-state index in [1.807, 2.05) is 0 Å². The summed E-state index contributed by atoms with van der Waals surface area (Å²) in [4.78, 5) is 0. The molecule has 0 heteroatoms. The summed E-state index contributed by atoms with van der Waals surface area (Å²) in [6, 6.07) is 0. The third-order valence-corrected chi connectivity index (χ3v) is 3.41. The molecule has 0 aliphatic heterocycles. The third kappa shape index (κ3) is 17.1. The van der Waals surface area contributed by atoms with Crippen molar-refractivity contribution >= 4 is 0 Å². The zero-order valence-electron chi connectivity index (χ0n) is 13.9. The van der Waals surface area contributed by atoms with Gasteiger partial charge < -0.3 is 0 Å². The topological polar surface area (TPSA) is 0 Å². The Bertz CT molecular complexity index is 291. The van der Waals surface area contributed by atoms with Gasteiger partial charge >= 0.3 is 0 Å². The lowest BCUT2D eigenvalue weighted by molar-refractivity contribution is 0.563. The van der Waals surface area contributed by atoms with Crippen LogP contribution in [0.4, 0.5) is 0 Å². The molecule has 0 aromatic heterocycles. The first-order chi connectivity index (χ1) is 9.91. The number of unbranched alkanes of at least 4 members (excludes halogenated alkanes) is 11. The molecule has 0 amide bonds. The maximum Gasteiger partial charge on any atom is 0.00886 e. The molecule has 0 bridgehead atoms. The largest absolute Gasteiger partial charge is 0.104 e. The van der Waals surface area contributed by atoms with Gasteiger partial charge in [-0.1, -0.05) is 58.8 Å². The molecule has 0 aliphatic rings. The Hall–Kier alpha value is -0.880. The molecule has 0 spiro atoms. The third-order valence-electron chi connectivity index (χ3n) is 3.41. The summed E-state index contributed by atoms with van der Waals surface area (Å²) in [5, 5.41) is 0. The van der Waals surface area contributed by atoms with Crippen molar-refractivity contribution in [3.63, 3.8) is 0 Å². The Morgan fingerprint density at radius 3 is 1.30 bits per heavy atom. The predicted octanol–water partition coefficient (Wildman–Crippen LogP) is 6.49. The molecule has 0 N–H and O–H groups in total. The standard InChI is InChI=1S/C20H34/c1-3-5-7-9-11-13-15-17-19-20-18-16-14-12-10-8-6-4-2/h3-5,10-20H2,1-2H3. The van der Waals surface area contributed by atoms with E-state index in [9.17, 15) is 0 Å². The Labute approximate surface area is 128 Å². The highest BCUT2D eigenvalue weighted by atomic mass is 14.0. The molecular weight excluding hydrogens is 240 g/mol. The summed E-state index contributed by atoms with van der Waals surface area (Å²) in [6.07, 6.45) is 17.9. The van der Waals surface area contributed by atoms with Gasteiger partial charge in [0.2, 0.25) is 0 Å². The Morgan fingerprint density at radius 2 is 0.850 bits per heavy atom. The van der Waals surface area contributed by atoms with Crippen LogP contribution in [0.3, 0.4) is 0 Å². The minimum atomic E-state index is 1.00. The van der Waals surface area contributed by atoms with Gasteiger partial charge in [0.15, 0.2) is 0 Å². The molecule has 0 unspecified atom stereocenters. The number of hydrogen-bond acceptors (Lipinski definition) is 0. The molecule has 20 heavy (non-hydrogen) atoms. The van der Waals surface area contributed by atoms with Crippen molar-refractivity contribution in [1.29, 1.82) is 0 Å². The maximum atomic E-state index is 3.26. The van der Waals surface area contributed by atoms with Crippen LogP contribution >= 0.6 is 0 Å². The quantitative estimate of drug-likeness (QED) is 0.298. The number of rotatable bonds is 11. The maximum absolute atomic E-state index is 3.26. The van der Waals surface area contributed by atoms with Crippen molar-refractivity contribution in [2.24, 2.45) is 0 Å². The highest BCUT2D eigenvalue weighted by molar-refractivity contribution is 4.98. The first-order valence-electron chi connectivity index (χ1n) is 8.83. The first-order valence-corrected chi connectivity index (χ1v) is 8.83. The summed E-state index contributed by atoms with van der Waals surface area (Å²) in [7, 11) is 0. The van der Waals surface area contributed by atoms with Gasteiger partial charge in [0.25, 0.3) is 0 Å². The molecule has 0 fully saturated rings. The van der Waals surface area contributed by atoms with Crippen LogP contribution in [0.15, 0.2) is 0 Å². The summed E-state index contributed by atoms with van der Waals surface area (Å²) in [6.45, 7) is 4.30. The summed E-state index contributed by atoms with van der Waals surface area (Å²) in [5.74, 6) is 12.8. The molecule has 0 atom stereocenters. The lowest BCUT2D eigenvalue weighted by Crippen LogP contribution is -1.81. The van der Waals surface area contributed by atoms with E-state index in [1.54, 1.807) is 0 Å². The Kier molecular flexibility index (Phi) is 17.3. The van der Waals surface area contributed by atoms with Crippen LogP contribution in [0.25, 0.3) is 0 Å². The van der Waals surface area contributed by atoms with E-state index in [4.69, 9.17) is 0 Å². The molecule has 114 valence electrons. The van der Waals surface area contributed by atoms with Gasteiger partial charge in [0.05, 0.1) is 0 Å². The smallest absolute Gasteiger partial charge is 0.00886 e. The zero-order valence-corrected chi connectivity index (χ0v) is 13.9. The van der Waals surface area contributed by atoms with E-state index in [0.29, 0.717) is 0 Å². The molecule has 0 heterocycles. The van der Waals surface area contributed by atoms with Gasteiger partial charge in [-0.25, -0.2) is 0 Å². The molecule has 0 nitrogen and oxygen atoms in total. The van der Waals surface area contributed by atoms with Crippen LogP contribution < -0.4 is 0 Å². The fraction of sp³-hybridized carbons (Fsp3) is 0.800. The highest BCUT2D eigenvalue weighted by Crippen LogP contribution is 2.11. The molecule has 0 saturated heterocycles. The fourth-order valence-electron chi connectivity index (χ4n) is 2.18. The van der Waals surface area contributed by atoms with Crippen LogP contribution in [-0.4, -0.2) is 0 Å². The van der Waals surface area contributed by atoms with Gasteiger partial charge in [-0.15, -0.1) is 23.7 Å². The SMILES string of the molecule is CCC#CCCCCCCCCCCCC#CCCC. The minimum Gasteiger partial charge on any atom is -0.104 e. The second-order valence-electron chi connectivity index (χ2n) is 5.49. The molecule has 0 rings (SSSR count). The molecule has 0 aromatic carbocycles. The summed E-state index contributed by atoms with van der Waals surface area (Å²) >= 11 is 0. The minimum absolute atomic E-state index is 1.00. The van der Waals surface area contributed by atoms with E-state index in [2.05, 4.69) is 37.5 Å². The highest BCUT2D eigenvalue weighted by Gasteiger charge is 1.92. The van der Waals surface area contributed by atoms with E-state index < -0.39 is 0 Å². The van der Waals surface area contributed by atoms with Gasteiger partial charge in [0.1, 0.15) is 0 Å². The first kappa shape index (κ1) is 19.1. The summed E-state index contributed by atoms with van der Waals surface area (Å²) in [5.41, 5.74) is 0. The van der Waals surface area contributed by atoms with Crippen molar-refractivity contribution in [1.82, 2.24) is 0 Å². The molecular formula is C20H34. The van der Waals surface area contributed by atoms with E-state index in [1.165, 1.54) is 64.2 Å². The van der Waals surface area contributed by atoms with Crippen LogP contribution in [0.2, 0.25) is 0 Å². The Morgan fingerprint density at radius 1 is 0.450 bits per heavy atom. The lowest BCUT2D eigenvalue weighted by atomic mass is 10.1. The second kappa shape index (κ2) is 18.1. The lowest BCUT2D eigenvalue weighted by Gasteiger charge is -2.00. The van der Waals surface area contributed by atoms with Gasteiger partial charge in [-0.3, -0.25) is 0 Å². The van der Waals surface area contributed by atoms with E-state index in [-0.39, 0.29) is 0 Å². The van der Waals surface area contributed by atoms with Crippen molar-refractivity contribution in [2.75, 3.05) is 0 Å². The molecule has 0 aromatic rings.